The Bertz CT molecular complexity index is 706. The summed E-state index contributed by atoms with van der Waals surface area (Å²) in [5, 5.41) is 2.96. The molecule has 0 radical (unpaired) electrons. The minimum absolute atomic E-state index is 0.155. The van der Waals surface area contributed by atoms with Crippen LogP contribution in [0.2, 0.25) is 0 Å². The highest BCUT2D eigenvalue weighted by Crippen LogP contribution is 2.21. The number of likely N-dealkylation sites (tertiary alicyclic amines) is 1. The second-order valence-corrected chi connectivity index (χ2v) is 9.23. The summed E-state index contributed by atoms with van der Waals surface area (Å²) in [6.45, 7) is 6.09. The highest BCUT2D eigenvalue weighted by Gasteiger charge is 2.26. The lowest BCUT2D eigenvalue weighted by Gasteiger charge is -2.26. The summed E-state index contributed by atoms with van der Waals surface area (Å²) in [7, 11) is -3.45. The topological polar surface area (TPSA) is 69.7 Å². The molecule has 1 aromatic carbocycles. The number of hydrogen-bond acceptors (Lipinski definition) is 4. The van der Waals surface area contributed by atoms with Crippen molar-refractivity contribution >= 4 is 15.9 Å². The standard InChI is InChI=1S/C19H29N3O3S/c1-16(21-11-5-6-12-21)15-20-19(23)17-7-9-18(10-8-17)26(24,25)22-13-3-2-4-14-22/h7-10,16H,2-6,11-15H2,1H3,(H,20,23). The van der Waals surface area contributed by atoms with Gasteiger partial charge >= 0.3 is 0 Å². The van der Waals surface area contributed by atoms with Crippen LogP contribution < -0.4 is 5.32 Å². The first kappa shape index (κ1) is 19.3. The number of rotatable bonds is 6. The van der Waals surface area contributed by atoms with E-state index in [1.165, 1.54) is 12.8 Å². The van der Waals surface area contributed by atoms with Crippen LogP contribution in [0.4, 0.5) is 0 Å². The minimum Gasteiger partial charge on any atom is -0.350 e. The van der Waals surface area contributed by atoms with Gasteiger partial charge in [0, 0.05) is 31.2 Å². The van der Waals surface area contributed by atoms with Gasteiger partial charge in [-0.05, 0) is 70.0 Å². The van der Waals surface area contributed by atoms with Crippen molar-refractivity contribution in [2.45, 2.75) is 50.0 Å². The number of nitrogens with one attached hydrogen (secondary N) is 1. The monoisotopic (exact) mass is 379 g/mol. The van der Waals surface area contributed by atoms with Crippen LogP contribution in [0.25, 0.3) is 0 Å². The summed E-state index contributed by atoms with van der Waals surface area (Å²) < 4.78 is 26.8. The summed E-state index contributed by atoms with van der Waals surface area (Å²) in [5.41, 5.74) is 0.496. The lowest BCUT2D eigenvalue weighted by Crippen LogP contribution is -2.40. The van der Waals surface area contributed by atoms with Gasteiger partial charge < -0.3 is 5.32 Å². The van der Waals surface area contributed by atoms with Gasteiger partial charge in [0.25, 0.3) is 5.91 Å². The Morgan fingerprint density at radius 2 is 1.58 bits per heavy atom. The molecule has 2 saturated heterocycles. The van der Waals surface area contributed by atoms with Crippen molar-refractivity contribution in [3.05, 3.63) is 29.8 Å². The average molecular weight is 380 g/mol. The Hall–Kier alpha value is -1.44. The van der Waals surface area contributed by atoms with Gasteiger partial charge in [0.2, 0.25) is 10.0 Å². The molecule has 1 unspecified atom stereocenters. The molecule has 1 amide bonds. The molecular weight excluding hydrogens is 350 g/mol. The lowest BCUT2D eigenvalue weighted by molar-refractivity contribution is 0.0940. The average Bonchev–Trinajstić information content (AvgIpc) is 3.21. The fourth-order valence-electron chi connectivity index (χ4n) is 3.69. The number of benzene rings is 1. The van der Waals surface area contributed by atoms with E-state index in [9.17, 15) is 13.2 Å². The van der Waals surface area contributed by atoms with Crippen LogP contribution in [-0.4, -0.2) is 62.3 Å². The molecule has 7 heteroatoms. The maximum absolute atomic E-state index is 12.7. The van der Waals surface area contributed by atoms with E-state index in [2.05, 4.69) is 17.1 Å². The number of hydrogen-bond donors (Lipinski definition) is 1. The highest BCUT2D eigenvalue weighted by atomic mass is 32.2. The molecule has 2 heterocycles. The third-order valence-electron chi connectivity index (χ3n) is 5.39. The Balaban J connectivity index is 1.58. The molecule has 2 aliphatic heterocycles. The molecule has 6 nitrogen and oxygen atoms in total. The summed E-state index contributed by atoms with van der Waals surface area (Å²) >= 11 is 0. The maximum atomic E-state index is 12.7. The van der Waals surface area contributed by atoms with E-state index < -0.39 is 10.0 Å². The van der Waals surface area contributed by atoms with Crippen molar-refractivity contribution in [1.29, 1.82) is 0 Å². The second kappa shape index (κ2) is 8.50. The third-order valence-corrected chi connectivity index (χ3v) is 7.30. The fourth-order valence-corrected chi connectivity index (χ4v) is 5.20. The molecule has 1 N–H and O–H groups in total. The summed E-state index contributed by atoms with van der Waals surface area (Å²) in [4.78, 5) is 15.0. The van der Waals surface area contributed by atoms with E-state index in [1.54, 1.807) is 28.6 Å². The van der Waals surface area contributed by atoms with Crippen LogP contribution in [0.15, 0.2) is 29.2 Å². The first-order valence-corrected chi connectivity index (χ1v) is 11.0. The molecule has 3 rings (SSSR count). The number of piperidine rings is 1. The Morgan fingerprint density at radius 1 is 1.00 bits per heavy atom. The van der Waals surface area contributed by atoms with Crippen LogP contribution in [0.1, 0.15) is 49.4 Å². The number of sulfonamides is 1. The van der Waals surface area contributed by atoms with Gasteiger partial charge in [-0.2, -0.15) is 4.31 Å². The van der Waals surface area contributed by atoms with Crippen molar-refractivity contribution in [2.75, 3.05) is 32.7 Å². The van der Waals surface area contributed by atoms with E-state index in [-0.39, 0.29) is 10.8 Å². The minimum atomic E-state index is -3.45. The van der Waals surface area contributed by atoms with Crippen LogP contribution in [0.3, 0.4) is 0 Å². The van der Waals surface area contributed by atoms with Crippen LogP contribution >= 0.6 is 0 Å². The Kier molecular flexibility index (Phi) is 6.32. The number of nitrogens with zero attached hydrogens (tertiary/aromatic N) is 2. The van der Waals surface area contributed by atoms with Gasteiger partial charge in [0.05, 0.1) is 4.90 Å². The molecule has 2 fully saturated rings. The van der Waals surface area contributed by atoms with Gasteiger partial charge in [0.1, 0.15) is 0 Å². The van der Waals surface area contributed by atoms with Gasteiger partial charge in [-0.3, -0.25) is 9.69 Å². The Labute approximate surface area is 156 Å². The van der Waals surface area contributed by atoms with Crippen LogP contribution in [0.5, 0.6) is 0 Å². The van der Waals surface area contributed by atoms with E-state index in [4.69, 9.17) is 0 Å². The molecule has 144 valence electrons. The zero-order valence-corrected chi connectivity index (χ0v) is 16.3. The number of carbonyl (C=O) groups is 1. The predicted molar refractivity (Wildman–Crippen MR) is 102 cm³/mol. The van der Waals surface area contributed by atoms with Crippen molar-refractivity contribution in [3.8, 4) is 0 Å². The first-order valence-electron chi connectivity index (χ1n) is 9.61. The smallest absolute Gasteiger partial charge is 0.251 e. The SMILES string of the molecule is CC(CNC(=O)c1ccc(S(=O)(=O)N2CCCCC2)cc1)N1CCCC1. The maximum Gasteiger partial charge on any atom is 0.251 e. The molecule has 2 aliphatic rings. The molecular formula is C19H29N3O3S. The number of amides is 1. The van der Waals surface area contributed by atoms with Crippen molar-refractivity contribution in [2.24, 2.45) is 0 Å². The van der Waals surface area contributed by atoms with Crippen molar-refractivity contribution in [3.63, 3.8) is 0 Å². The number of carbonyl (C=O) groups excluding carboxylic acids is 1. The molecule has 0 aromatic heterocycles. The molecule has 1 atom stereocenters. The first-order chi connectivity index (χ1) is 12.5. The van der Waals surface area contributed by atoms with Gasteiger partial charge in [-0.25, -0.2) is 8.42 Å². The molecule has 26 heavy (non-hydrogen) atoms. The van der Waals surface area contributed by atoms with Crippen LogP contribution in [-0.2, 0) is 10.0 Å². The van der Waals surface area contributed by atoms with E-state index >= 15 is 0 Å². The highest BCUT2D eigenvalue weighted by molar-refractivity contribution is 7.89. The molecule has 1 aromatic rings. The normalized spacial score (nSPS) is 20.8. The summed E-state index contributed by atoms with van der Waals surface area (Å²) in [6, 6.07) is 6.62. The van der Waals surface area contributed by atoms with E-state index in [0.29, 0.717) is 31.2 Å². The molecule has 0 bridgehead atoms. The Morgan fingerprint density at radius 3 is 2.19 bits per heavy atom. The van der Waals surface area contributed by atoms with Crippen molar-refractivity contribution in [1.82, 2.24) is 14.5 Å². The van der Waals surface area contributed by atoms with E-state index in [1.807, 2.05) is 0 Å². The quantitative estimate of drug-likeness (QED) is 0.822. The second-order valence-electron chi connectivity index (χ2n) is 7.29. The summed E-state index contributed by atoms with van der Waals surface area (Å²) in [6.07, 6.45) is 5.36. The lowest BCUT2D eigenvalue weighted by atomic mass is 10.2. The molecule has 0 spiro atoms. The predicted octanol–water partition coefficient (Wildman–Crippen LogP) is 2.08. The van der Waals surface area contributed by atoms with E-state index in [0.717, 1.165) is 32.4 Å². The molecule has 0 aliphatic carbocycles. The molecule has 0 saturated carbocycles. The zero-order chi connectivity index (χ0) is 18.6. The summed E-state index contributed by atoms with van der Waals surface area (Å²) in [5.74, 6) is -0.155. The fraction of sp³-hybridized carbons (Fsp3) is 0.632. The zero-order valence-electron chi connectivity index (χ0n) is 15.5. The van der Waals surface area contributed by atoms with Crippen LogP contribution in [0, 0.1) is 0 Å². The van der Waals surface area contributed by atoms with Gasteiger partial charge in [0.15, 0.2) is 0 Å². The van der Waals surface area contributed by atoms with Gasteiger partial charge in [-0.1, -0.05) is 6.42 Å². The van der Waals surface area contributed by atoms with Gasteiger partial charge in [-0.15, -0.1) is 0 Å². The largest absolute Gasteiger partial charge is 0.350 e. The third kappa shape index (κ3) is 4.45. The van der Waals surface area contributed by atoms with Crippen molar-refractivity contribution < 1.29 is 13.2 Å².